The summed E-state index contributed by atoms with van der Waals surface area (Å²) in [7, 11) is 1.31. The third-order valence-electron chi connectivity index (χ3n) is 4.20. The van der Waals surface area contributed by atoms with E-state index in [0.717, 1.165) is 23.9 Å². The van der Waals surface area contributed by atoms with Gasteiger partial charge in [0.1, 0.15) is 5.82 Å². The van der Waals surface area contributed by atoms with Crippen LogP contribution in [0.5, 0.6) is 0 Å². The average Bonchev–Trinajstić information content (AvgIpc) is 3.03. The van der Waals surface area contributed by atoms with Crippen LogP contribution >= 0.6 is 0 Å². The number of rotatable bonds is 7. The number of carbonyl (C=O) groups is 1. The smallest absolute Gasteiger partial charge is 0.374 e. The Balaban J connectivity index is 2.16. The molecule has 2 aromatic heterocycles. The van der Waals surface area contributed by atoms with Crippen molar-refractivity contribution in [2.75, 3.05) is 23.3 Å². The molecule has 10 heteroatoms. The molecule has 0 bridgehead atoms. The van der Waals surface area contributed by atoms with Crippen molar-refractivity contribution in [3.05, 3.63) is 36.5 Å². The summed E-state index contributed by atoms with van der Waals surface area (Å²) in [6, 6.07) is 3.21. The average molecular weight is 385 g/mol. The Morgan fingerprint density at radius 3 is 2.37 bits per heavy atom. The van der Waals surface area contributed by atoms with E-state index in [4.69, 9.17) is 0 Å². The number of aromatic nitrogens is 3. The molecule has 27 heavy (non-hydrogen) atoms. The number of aliphatic hydroxyl groups is 1. The number of pyridine rings is 1. The lowest BCUT2D eigenvalue weighted by molar-refractivity contribution is -0.270. The molecule has 0 saturated carbocycles. The van der Waals surface area contributed by atoms with E-state index in [2.05, 4.69) is 15.3 Å². The first kappa shape index (κ1) is 20.7. The number of hydrogen-bond donors (Lipinski definition) is 2. The summed E-state index contributed by atoms with van der Waals surface area (Å²) < 4.78 is 41.4. The quantitative estimate of drug-likeness (QED) is 0.765. The van der Waals surface area contributed by atoms with Crippen molar-refractivity contribution in [3.63, 3.8) is 0 Å². The zero-order valence-electron chi connectivity index (χ0n) is 15.3. The van der Waals surface area contributed by atoms with Crippen LogP contribution in [-0.4, -0.2) is 44.8 Å². The molecule has 0 saturated heterocycles. The van der Waals surface area contributed by atoms with Gasteiger partial charge in [-0.3, -0.25) is 4.79 Å². The lowest BCUT2D eigenvalue weighted by Crippen LogP contribution is -2.46. The second kappa shape index (κ2) is 7.95. The molecule has 1 amide bonds. The van der Waals surface area contributed by atoms with Crippen LogP contribution < -0.4 is 10.2 Å². The second-order valence-corrected chi connectivity index (χ2v) is 6.02. The van der Waals surface area contributed by atoms with E-state index < -0.39 is 29.9 Å². The molecule has 2 aromatic rings. The highest BCUT2D eigenvalue weighted by Gasteiger charge is 2.58. The van der Waals surface area contributed by atoms with Crippen LogP contribution in [0, 0.1) is 0 Å². The zero-order valence-corrected chi connectivity index (χ0v) is 15.3. The molecule has 0 aromatic carbocycles. The van der Waals surface area contributed by atoms with E-state index in [1.165, 1.54) is 19.4 Å². The predicted octanol–water partition coefficient (Wildman–Crippen LogP) is 2.44. The SMILES string of the molecule is CCN(CC)c1ccc(NC(=O)C[C@](O)(c2nccn2C)C(F)(F)F)cn1. The molecule has 0 spiro atoms. The highest BCUT2D eigenvalue weighted by atomic mass is 19.4. The third kappa shape index (κ3) is 4.38. The fourth-order valence-electron chi connectivity index (χ4n) is 2.70. The highest BCUT2D eigenvalue weighted by molar-refractivity contribution is 5.91. The number of anilines is 2. The first-order valence-electron chi connectivity index (χ1n) is 8.40. The minimum Gasteiger partial charge on any atom is -0.374 e. The number of nitrogens with one attached hydrogen (secondary N) is 1. The first-order chi connectivity index (χ1) is 12.6. The molecule has 0 aliphatic carbocycles. The van der Waals surface area contributed by atoms with Gasteiger partial charge in [-0.05, 0) is 26.0 Å². The van der Waals surface area contributed by atoms with Crippen molar-refractivity contribution in [1.29, 1.82) is 0 Å². The monoisotopic (exact) mass is 385 g/mol. The lowest BCUT2D eigenvalue weighted by Gasteiger charge is -2.29. The van der Waals surface area contributed by atoms with Crippen molar-refractivity contribution < 1.29 is 23.1 Å². The molecular weight excluding hydrogens is 363 g/mol. The minimum atomic E-state index is -5.08. The summed E-state index contributed by atoms with van der Waals surface area (Å²) in [5, 5.41) is 12.6. The van der Waals surface area contributed by atoms with Crippen LogP contribution in [0.2, 0.25) is 0 Å². The molecule has 2 N–H and O–H groups in total. The van der Waals surface area contributed by atoms with Crippen molar-refractivity contribution >= 4 is 17.4 Å². The van der Waals surface area contributed by atoms with E-state index in [0.29, 0.717) is 5.82 Å². The summed E-state index contributed by atoms with van der Waals surface area (Å²) >= 11 is 0. The molecule has 2 rings (SSSR count). The van der Waals surface area contributed by atoms with E-state index in [1.807, 2.05) is 18.7 Å². The maximum Gasteiger partial charge on any atom is 0.425 e. The standard InChI is InChI=1S/C17H22F3N5O2/c1-4-25(5-2)13-7-6-12(11-22-13)23-14(26)10-16(27,17(18,19)20)15-21-8-9-24(15)3/h6-9,11,27H,4-5,10H2,1-3H3,(H,23,26)/t16-/m0/s1. The molecule has 2 heterocycles. The van der Waals surface area contributed by atoms with Crippen molar-refractivity contribution in [2.24, 2.45) is 7.05 Å². The highest BCUT2D eigenvalue weighted by Crippen LogP contribution is 2.40. The van der Waals surface area contributed by atoms with Crippen LogP contribution in [0.4, 0.5) is 24.7 Å². The van der Waals surface area contributed by atoms with Gasteiger partial charge in [0.05, 0.1) is 18.3 Å². The second-order valence-electron chi connectivity index (χ2n) is 6.02. The van der Waals surface area contributed by atoms with Crippen LogP contribution in [0.3, 0.4) is 0 Å². The molecular formula is C17H22F3N5O2. The van der Waals surface area contributed by atoms with Gasteiger partial charge in [-0.15, -0.1) is 0 Å². The molecule has 0 aliphatic heterocycles. The maximum absolute atomic E-state index is 13.5. The number of carbonyl (C=O) groups excluding carboxylic acids is 1. The lowest BCUT2D eigenvalue weighted by atomic mass is 9.97. The fraction of sp³-hybridized carbons (Fsp3) is 0.471. The molecule has 1 atom stereocenters. The van der Waals surface area contributed by atoms with Crippen molar-refractivity contribution in [1.82, 2.24) is 14.5 Å². The van der Waals surface area contributed by atoms with Gasteiger partial charge in [-0.1, -0.05) is 0 Å². The van der Waals surface area contributed by atoms with Gasteiger partial charge in [0, 0.05) is 32.5 Å². The third-order valence-corrected chi connectivity index (χ3v) is 4.20. The molecule has 148 valence electrons. The number of halogens is 3. The first-order valence-corrected chi connectivity index (χ1v) is 8.40. The molecule has 0 fully saturated rings. The molecule has 7 nitrogen and oxygen atoms in total. The summed E-state index contributed by atoms with van der Waals surface area (Å²) in [4.78, 5) is 21.9. The zero-order chi connectivity index (χ0) is 20.2. The van der Waals surface area contributed by atoms with Gasteiger partial charge in [0.2, 0.25) is 11.5 Å². The van der Waals surface area contributed by atoms with Crippen LogP contribution in [0.15, 0.2) is 30.7 Å². The molecule has 0 radical (unpaired) electrons. The Kier molecular flexibility index (Phi) is 6.09. The Bertz CT molecular complexity index is 772. The van der Waals surface area contributed by atoms with Gasteiger partial charge >= 0.3 is 6.18 Å². The Labute approximate surface area is 154 Å². The minimum absolute atomic E-state index is 0.236. The fourth-order valence-corrected chi connectivity index (χ4v) is 2.70. The van der Waals surface area contributed by atoms with E-state index in [-0.39, 0.29) is 5.69 Å². The van der Waals surface area contributed by atoms with Crippen LogP contribution in [0.1, 0.15) is 26.1 Å². The summed E-state index contributed by atoms with van der Waals surface area (Å²) in [6.45, 7) is 5.43. The topological polar surface area (TPSA) is 83.3 Å². The maximum atomic E-state index is 13.5. The molecule has 0 unspecified atom stereocenters. The summed E-state index contributed by atoms with van der Waals surface area (Å²) in [5.41, 5.74) is -3.16. The van der Waals surface area contributed by atoms with Crippen molar-refractivity contribution in [2.45, 2.75) is 32.0 Å². The van der Waals surface area contributed by atoms with Gasteiger partial charge in [0.25, 0.3) is 0 Å². The summed E-state index contributed by atoms with van der Waals surface area (Å²) in [6.07, 6.45) is -2.55. The summed E-state index contributed by atoms with van der Waals surface area (Å²) in [5.74, 6) is -0.965. The Morgan fingerprint density at radius 2 is 1.93 bits per heavy atom. The largest absolute Gasteiger partial charge is 0.425 e. The number of alkyl halides is 3. The normalized spacial score (nSPS) is 13.9. The van der Waals surface area contributed by atoms with Gasteiger partial charge < -0.3 is 19.9 Å². The number of hydrogen-bond acceptors (Lipinski definition) is 5. The van der Waals surface area contributed by atoms with E-state index in [9.17, 15) is 23.1 Å². The van der Waals surface area contributed by atoms with Crippen LogP contribution in [-0.2, 0) is 17.4 Å². The van der Waals surface area contributed by atoms with Gasteiger partial charge in [-0.2, -0.15) is 13.2 Å². The van der Waals surface area contributed by atoms with Gasteiger partial charge in [0.15, 0.2) is 5.82 Å². The van der Waals surface area contributed by atoms with Gasteiger partial charge in [-0.25, -0.2) is 9.97 Å². The van der Waals surface area contributed by atoms with E-state index >= 15 is 0 Å². The number of nitrogens with zero attached hydrogens (tertiary/aromatic N) is 4. The Hall–Kier alpha value is -2.62. The van der Waals surface area contributed by atoms with Crippen LogP contribution in [0.25, 0.3) is 0 Å². The van der Waals surface area contributed by atoms with E-state index in [1.54, 1.807) is 12.1 Å². The molecule has 0 aliphatic rings. The predicted molar refractivity (Wildman–Crippen MR) is 94.2 cm³/mol. The number of imidazole rings is 1. The number of amides is 1. The number of aryl methyl sites for hydroxylation is 1. The Morgan fingerprint density at radius 1 is 1.26 bits per heavy atom. The van der Waals surface area contributed by atoms with Crippen molar-refractivity contribution in [3.8, 4) is 0 Å².